The number of halogens is 2. The number of carbonyl (C=O) groups excluding carboxylic acids is 1. The Morgan fingerprint density at radius 1 is 1.62 bits per heavy atom. The third kappa shape index (κ3) is 2.27. The van der Waals surface area contributed by atoms with Crippen molar-refractivity contribution in [2.75, 3.05) is 6.61 Å². The lowest BCUT2D eigenvalue weighted by Gasteiger charge is -1.98. The molecule has 0 amide bonds. The second kappa shape index (κ2) is 4.02. The van der Waals surface area contributed by atoms with Crippen molar-refractivity contribution in [2.24, 2.45) is 0 Å². The number of esters is 1. The van der Waals surface area contributed by atoms with Gasteiger partial charge in [0.15, 0.2) is 0 Å². The lowest BCUT2D eigenvalue weighted by molar-refractivity contribution is 0.0519. The van der Waals surface area contributed by atoms with Gasteiger partial charge < -0.3 is 9.72 Å². The summed E-state index contributed by atoms with van der Waals surface area (Å²) in [4.78, 5) is 13.3. The summed E-state index contributed by atoms with van der Waals surface area (Å²) in [6, 6.07) is 2.44. The van der Waals surface area contributed by atoms with Gasteiger partial charge in [-0.15, -0.1) is 0 Å². The lowest BCUT2D eigenvalue weighted by atomic mass is 10.4. The molecule has 0 saturated heterocycles. The van der Waals surface area contributed by atoms with Crippen LogP contribution in [-0.4, -0.2) is 17.6 Å². The summed E-state index contributed by atoms with van der Waals surface area (Å²) in [5.41, 5.74) is -0.222. The highest BCUT2D eigenvalue weighted by atomic mass is 19.3. The van der Waals surface area contributed by atoms with Gasteiger partial charge in [0.25, 0.3) is 6.43 Å². The maximum atomic E-state index is 12.0. The van der Waals surface area contributed by atoms with Crippen molar-refractivity contribution in [1.29, 1.82) is 0 Å². The number of aromatic amines is 1. The minimum atomic E-state index is -2.59. The molecule has 0 aromatic carbocycles. The summed E-state index contributed by atoms with van der Waals surface area (Å²) < 4.78 is 28.7. The van der Waals surface area contributed by atoms with Crippen molar-refractivity contribution in [1.82, 2.24) is 4.98 Å². The van der Waals surface area contributed by atoms with Gasteiger partial charge in [0.2, 0.25) is 0 Å². The summed E-state index contributed by atoms with van der Waals surface area (Å²) in [6.07, 6.45) is -2.59. The van der Waals surface area contributed by atoms with Crippen molar-refractivity contribution < 1.29 is 18.3 Å². The molecule has 1 heterocycles. The Hall–Kier alpha value is -1.39. The van der Waals surface area contributed by atoms with E-state index in [0.717, 1.165) is 6.07 Å². The Kier molecular flexibility index (Phi) is 3.00. The zero-order valence-corrected chi connectivity index (χ0v) is 7.01. The first-order valence-corrected chi connectivity index (χ1v) is 3.79. The Balaban J connectivity index is 2.73. The third-order valence-corrected chi connectivity index (χ3v) is 1.44. The van der Waals surface area contributed by atoms with Crippen LogP contribution in [-0.2, 0) is 4.74 Å². The molecule has 0 aliphatic rings. The minimum absolute atomic E-state index is 0.0529. The van der Waals surface area contributed by atoms with E-state index in [9.17, 15) is 13.6 Å². The number of hydrogen-bond donors (Lipinski definition) is 1. The molecule has 0 unspecified atom stereocenters. The van der Waals surface area contributed by atoms with Crippen LogP contribution in [0.3, 0.4) is 0 Å². The number of rotatable bonds is 3. The molecule has 0 spiro atoms. The first-order valence-electron chi connectivity index (χ1n) is 3.79. The summed E-state index contributed by atoms with van der Waals surface area (Å²) in [6.45, 7) is 1.87. The molecule has 0 bridgehead atoms. The van der Waals surface area contributed by atoms with Crippen LogP contribution in [0.4, 0.5) is 8.78 Å². The lowest BCUT2D eigenvalue weighted by Crippen LogP contribution is -2.05. The van der Waals surface area contributed by atoms with E-state index in [0.29, 0.717) is 0 Å². The molecule has 1 N–H and O–H groups in total. The van der Waals surface area contributed by atoms with Crippen LogP contribution in [0.15, 0.2) is 12.1 Å². The molecule has 72 valence electrons. The highest BCUT2D eigenvalue weighted by molar-refractivity contribution is 5.87. The Labute approximate surface area is 73.7 Å². The number of alkyl halides is 2. The van der Waals surface area contributed by atoms with Crippen molar-refractivity contribution in [3.8, 4) is 0 Å². The Bertz CT molecular complexity index is 296. The molecule has 5 heteroatoms. The molecule has 1 aromatic rings. The van der Waals surface area contributed by atoms with Crippen LogP contribution >= 0.6 is 0 Å². The fourth-order valence-electron chi connectivity index (χ4n) is 0.867. The normalized spacial score (nSPS) is 10.5. The van der Waals surface area contributed by atoms with Gasteiger partial charge in [0.05, 0.1) is 12.3 Å². The van der Waals surface area contributed by atoms with E-state index in [2.05, 4.69) is 9.72 Å². The third-order valence-electron chi connectivity index (χ3n) is 1.44. The maximum absolute atomic E-state index is 12.0. The van der Waals surface area contributed by atoms with Crippen molar-refractivity contribution >= 4 is 5.97 Å². The smallest absolute Gasteiger partial charge is 0.354 e. The summed E-state index contributed by atoms with van der Waals surface area (Å²) >= 11 is 0. The number of aromatic nitrogens is 1. The molecule has 0 radical (unpaired) electrons. The molecule has 1 aromatic heterocycles. The van der Waals surface area contributed by atoms with Gasteiger partial charge in [-0.25, -0.2) is 13.6 Å². The number of hydrogen-bond acceptors (Lipinski definition) is 2. The van der Waals surface area contributed by atoms with E-state index >= 15 is 0 Å². The van der Waals surface area contributed by atoms with Gasteiger partial charge in [-0.1, -0.05) is 0 Å². The van der Waals surface area contributed by atoms with E-state index in [4.69, 9.17) is 0 Å². The zero-order chi connectivity index (χ0) is 9.84. The average molecular weight is 189 g/mol. The summed E-state index contributed by atoms with van der Waals surface area (Å²) in [5, 5.41) is 0. The van der Waals surface area contributed by atoms with Crippen LogP contribution in [0.5, 0.6) is 0 Å². The number of H-pyrrole nitrogens is 1. The van der Waals surface area contributed by atoms with Crippen molar-refractivity contribution in [3.63, 3.8) is 0 Å². The van der Waals surface area contributed by atoms with Crippen LogP contribution in [0.1, 0.15) is 29.5 Å². The maximum Gasteiger partial charge on any atom is 0.354 e. The predicted octanol–water partition coefficient (Wildman–Crippen LogP) is 2.13. The van der Waals surface area contributed by atoms with Crippen LogP contribution in [0.2, 0.25) is 0 Å². The topological polar surface area (TPSA) is 42.1 Å². The number of ether oxygens (including phenoxy) is 1. The number of nitrogens with one attached hydrogen (secondary N) is 1. The van der Waals surface area contributed by atoms with Crippen LogP contribution in [0, 0.1) is 0 Å². The van der Waals surface area contributed by atoms with E-state index in [1.165, 1.54) is 6.07 Å². The van der Waals surface area contributed by atoms with Gasteiger partial charge in [-0.3, -0.25) is 0 Å². The fraction of sp³-hybridized carbons (Fsp3) is 0.375. The van der Waals surface area contributed by atoms with Crippen molar-refractivity contribution in [2.45, 2.75) is 13.3 Å². The van der Waals surface area contributed by atoms with E-state index in [-0.39, 0.29) is 18.0 Å². The Morgan fingerprint density at radius 2 is 2.31 bits per heavy atom. The molecule has 0 saturated carbocycles. The second-order valence-corrected chi connectivity index (χ2v) is 2.35. The van der Waals surface area contributed by atoms with E-state index in [1.807, 2.05) is 0 Å². The highest BCUT2D eigenvalue weighted by Gasteiger charge is 2.13. The van der Waals surface area contributed by atoms with Crippen LogP contribution in [0.25, 0.3) is 0 Å². The van der Waals surface area contributed by atoms with E-state index in [1.54, 1.807) is 6.92 Å². The highest BCUT2D eigenvalue weighted by Crippen LogP contribution is 2.17. The van der Waals surface area contributed by atoms with Gasteiger partial charge >= 0.3 is 5.97 Å². The van der Waals surface area contributed by atoms with Gasteiger partial charge in [-0.2, -0.15) is 0 Å². The van der Waals surface area contributed by atoms with Crippen LogP contribution < -0.4 is 0 Å². The molecule has 1 rings (SSSR count). The van der Waals surface area contributed by atoms with Gasteiger partial charge in [0, 0.05) is 0 Å². The molecule has 0 aliphatic carbocycles. The summed E-state index contributed by atoms with van der Waals surface area (Å²) in [7, 11) is 0. The number of carbonyl (C=O) groups is 1. The SMILES string of the molecule is CCOC(=O)c1ccc(C(F)F)[nH]1. The first-order chi connectivity index (χ1) is 6.15. The minimum Gasteiger partial charge on any atom is -0.461 e. The molecule has 3 nitrogen and oxygen atoms in total. The molecule has 0 fully saturated rings. The van der Waals surface area contributed by atoms with E-state index < -0.39 is 12.4 Å². The molecule has 13 heavy (non-hydrogen) atoms. The summed E-state index contributed by atoms with van der Waals surface area (Å²) in [5.74, 6) is -0.616. The Morgan fingerprint density at radius 3 is 2.77 bits per heavy atom. The molecular weight excluding hydrogens is 180 g/mol. The second-order valence-electron chi connectivity index (χ2n) is 2.35. The predicted molar refractivity (Wildman–Crippen MR) is 41.7 cm³/mol. The standard InChI is InChI=1S/C8H9F2NO2/c1-2-13-8(12)6-4-3-5(11-6)7(9)10/h3-4,7,11H,2H2,1H3. The molecule has 0 aliphatic heterocycles. The zero-order valence-electron chi connectivity index (χ0n) is 7.01. The fourth-order valence-corrected chi connectivity index (χ4v) is 0.867. The average Bonchev–Trinajstić information content (AvgIpc) is 2.52. The monoisotopic (exact) mass is 189 g/mol. The van der Waals surface area contributed by atoms with Crippen molar-refractivity contribution in [3.05, 3.63) is 23.5 Å². The first kappa shape index (κ1) is 9.70. The largest absolute Gasteiger partial charge is 0.461 e. The quantitative estimate of drug-likeness (QED) is 0.740. The van der Waals surface area contributed by atoms with Gasteiger partial charge in [-0.05, 0) is 19.1 Å². The molecular formula is C8H9F2NO2. The molecule has 0 atom stereocenters. The van der Waals surface area contributed by atoms with Gasteiger partial charge in [0.1, 0.15) is 5.69 Å².